The van der Waals surface area contributed by atoms with Crippen molar-refractivity contribution in [2.75, 3.05) is 13.2 Å². The smallest absolute Gasteiger partial charge is 0.259 e. The fourth-order valence-corrected chi connectivity index (χ4v) is 4.68. The molecular weight excluding hydrogens is 436 g/mol. The number of nitriles is 1. The Hall–Kier alpha value is -2.14. The summed E-state index contributed by atoms with van der Waals surface area (Å²) in [6.07, 6.45) is -0.732. The maximum Gasteiger partial charge on any atom is 0.259 e. The summed E-state index contributed by atoms with van der Waals surface area (Å²) in [5, 5.41) is 9.64. The van der Waals surface area contributed by atoms with Gasteiger partial charge in [0.25, 0.3) is 5.91 Å². The van der Waals surface area contributed by atoms with Crippen LogP contribution in [-0.2, 0) is 11.0 Å². The number of hydrogen-bond donors (Lipinski definition) is 0. The van der Waals surface area contributed by atoms with Crippen LogP contribution < -0.4 is 4.74 Å². The zero-order valence-corrected chi connectivity index (χ0v) is 18.8. The first-order chi connectivity index (χ1) is 13.3. The van der Waals surface area contributed by atoms with E-state index >= 15 is 0 Å². The van der Waals surface area contributed by atoms with E-state index in [1.54, 1.807) is 17.0 Å². The van der Waals surface area contributed by atoms with Crippen molar-refractivity contribution < 1.29 is 14.0 Å². The molecule has 28 heavy (non-hydrogen) atoms. The van der Waals surface area contributed by atoms with Crippen LogP contribution in [-0.4, -0.2) is 32.3 Å². The van der Waals surface area contributed by atoms with Gasteiger partial charge in [-0.1, -0.05) is 36.4 Å². The molecule has 1 aliphatic rings. The monoisotopic (exact) mass is 458 g/mol. The third-order valence-corrected chi connectivity index (χ3v) is 6.14. The lowest BCUT2D eigenvalue weighted by atomic mass is 10.0. The van der Waals surface area contributed by atoms with Crippen LogP contribution >= 0.6 is 15.9 Å². The fraction of sp³-hybridized carbons (Fsp3) is 0.333. The van der Waals surface area contributed by atoms with Crippen molar-refractivity contribution >= 4 is 30.2 Å². The standard InChI is InChI=1S/C21H23BrN2O3Si/c1-28(2,3)27-18(13-23)16-9-10-17-19(20(16)22)21(25)24(11-12-26-17)14-15-7-5-4-6-8-15/h4-10,18H,11-12,14H2,1-3H3. The van der Waals surface area contributed by atoms with Crippen molar-refractivity contribution in [3.05, 3.63) is 63.6 Å². The topological polar surface area (TPSA) is 62.6 Å². The number of hydrogen-bond acceptors (Lipinski definition) is 4. The highest BCUT2D eigenvalue weighted by molar-refractivity contribution is 9.10. The lowest BCUT2D eigenvalue weighted by molar-refractivity contribution is 0.0742. The zero-order chi connectivity index (χ0) is 20.3. The van der Waals surface area contributed by atoms with E-state index in [2.05, 4.69) is 22.0 Å². The molecular formula is C21H23BrN2O3Si. The number of fused-ring (bicyclic) bond motifs is 1. The first kappa shape index (κ1) is 20.6. The van der Waals surface area contributed by atoms with E-state index in [0.717, 1.165) is 5.56 Å². The highest BCUT2D eigenvalue weighted by Crippen LogP contribution is 2.37. The average Bonchev–Trinajstić information content (AvgIpc) is 2.80. The van der Waals surface area contributed by atoms with Gasteiger partial charge in [-0.05, 0) is 47.2 Å². The Bertz CT molecular complexity index is 906. The van der Waals surface area contributed by atoms with Crippen LogP contribution in [0.1, 0.15) is 27.6 Å². The predicted molar refractivity (Wildman–Crippen MR) is 114 cm³/mol. The first-order valence-corrected chi connectivity index (χ1v) is 13.4. The summed E-state index contributed by atoms with van der Waals surface area (Å²) in [6, 6.07) is 15.7. The molecule has 0 aliphatic carbocycles. The lowest BCUT2D eigenvalue weighted by Crippen LogP contribution is -2.32. The summed E-state index contributed by atoms with van der Waals surface area (Å²) in [4.78, 5) is 15.1. The molecule has 146 valence electrons. The van der Waals surface area contributed by atoms with Crippen molar-refractivity contribution in [1.29, 1.82) is 5.26 Å². The Balaban J connectivity index is 1.97. The number of nitrogens with zero attached hydrogens (tertiary/aromatic N) is 2. The predicted octanol–water partition coefficient (Wildman–Crippen LogP) is 4.90. The molecule has 0 saturated carbocycles. The highest BCUT2D eigenvalue weighted by atomic mass is 79.9. The molecule has 0 N–H and O–H groups in total. The summed E-state index contributed by atoms with van der Waals surface area (Å²) >= 11 is 3.56. The Morgan fingerprint density at radius 1 is 1.25 bits per heavy atom. The van der Waals surface area contributed by atoms with Crippen molar-refractivity contribution in [3.8, 4) is 11.8 Å². The maximum atomic E-state index is 13.3. The zero-order valence-electron chi connectivity index (χ0n) is 16.2. The number of carbonyl (C=O) groups excluding carboxylic acids is 1. The second kappa shape index (κ2) is 8.48. The molecule has 3 rings (SSSR count). The summed E-state index contributed by atoms with van der Waals surface area (Å²) in [5.41, 5.74) is 2.16. The van der Waals surface area contributed by atoms with E-state index in [0.29, 0.717) is 41.0 Å². The molecule has 0 bridgehead atoms. The summed E-state index contributed by atoms with van der Waals surface area (Å²) in [7, 11) is -1.94. The summed E-state index contributed by atoms with van der Waals surface area (Å²) in [6.45, 7) is 7.52. The van der Waals surface area contributed by atoms with Crippen LogP contribution in [0.15, 0.2) is 46.9 Å². The van der Waals surface area contributed by atoms with Crippen LogP contribution in [0.2, 0.25) is 19.6 Å². The minimum absolute atomic E-state index is 0.116. The Kier molecular flexibility index (Phi) is 6.23. The van der Waals surface area contributed by atoms with Gasteiger partial charge >= 0.3 is 0 Å². The van der Waals surface area contributed by atoms with Crippen LogP contribution in [0.4, 0.5) is 0 Å². The number of amides is 1. The molecule has 0 saturated heterocycles. The largest absolute Gasteiger partial charge is 0.491 e. The van der Waals surface area contributed by atoms with Gasteiger partial charge in [0.2, 0.25) is 0 Å². The number of halogens is 1. The van der Waals surface area contributed by atoms with Crippen molar-refractivity contribution in [2.24, 2.45) is 0 Å². The van der Waals surface area contributed by atoms with Crippen LogP contribution in [0.5, 0.6) is 5.75 Å². The van der Waals surface area contributed by atoms with Crippen LogP contribution in [0, 0.1) is 11.3 Å². The molecule has 7 heteroatoms. The summed E-state index contributed by atoms with van der Waals surface area (Å²) in [5.74, 6) is 0.413. The van der Waals surface area contributed by atoms with Gasteiger partial charge in [-0.25, -0.2) is 0 Å². The Morgan fingerprint density at radius 3 is 2.61 bits per heavy atom. The second-order valence-corrected chi connectivity index (χ2v) is 12.9. The van der Waals surface area contributed by atoms with E-state index in [-0.39, 0.29) is 5.91 Å². The van der Waals surface area contributed by atoms with E-state index in [4.69, 9.17) is 9.16 Å². The van der Waals surface area contributed by atoms with E-state index in [1.807, 2.05) is 50.0 Å². The van der Waals surface area contributed by atoms with Crippen molar-refractivity contribution in [3.63, 3.8) is 0 Å². The number of benzene rings is 2. The van der Waals surface area contributed by atoms with Gasteiger partial charge in [0.1, 0.15) is 12.4 Å². The van der Waals surface area contributed by atoms with Gasteiger partial charge in [-0.15, -0.1) is 0 Å². The van der Waals surface area contributed by atoms with Gasteiger partial charge in [-0.2, -0.15) is 5.26 Å². The minimum Gasteiger partial charge on any atom is -0.491 e. The van der Waals surface area contributed by atoms with Gasteiger partial charge in [-0.3, -0.25) is 4.79 Å². The SMILES string of the molecule is C[Si](C)(C)OC(C#N)c1ccc2c(c1Br)C(=O)N(Cc1ccccc1)CCO2. The third kappa shape index (κ3) is 4.63. The van der Waals surface area contributed by atoms with Crippen LogP contribution in [0.3, 0.4) is 0 Å². The Morgan fingerprint density at radius 2 is 1.96 bits per heavy atom. The van der Waals surface area contributed by atoms with E-state index in [9.17, 15) is 10.1 Å². The first-order valence-electron chi connectivity index (χ1n) is 9.16. The number of rotatable bonds is 5. The average molecular weight is 459 g/mol. The maximum absolute atomic E-state index is 13.3. The minimum atomic E-state index is -1.94. The molecule has 1 amide bonds. The number of ether oxygens (including phenoxy) is 1. The van der Waals surface area contributed by atoms with Gasteiger partial charge in [0.15, 0.2) is 14.4 Å². The van der Waals surface area contributed by atoms with Gasteiger partial charge in [0, 0.05) is 16.6 Å². The van der Waals surface area contributed by atoms with Gasteiger partial charge in [0.05, 0.1) is 18.2 Å². The fourth-order valence-electron chi connectivity index (χ4n) is 3.09. The third-order valence-electron chi connectivity index (χ3n) is 4.34. The second-order valence-electron chi connectivity index (χ2n) is 7.64. The molecule has 5 nitrogen and oxygen atoms in total. The molecule has 2 aromatic carbocycles. The Labute approximate surface area is 175 Å². The van der Waals surface area contributed by atoms with Crippen molar-refractivity contribution in [2.45, 2.75) is 32.3 Å². The van der Waals surface area contributed by atoms with Gasteiger partial charge < -0.3 is 14.1 Å². The lowest BCUT2D eigenvalue weighted by Gasteiger charge is -2.24. The molecule has 0 aromatic heterocycles. The molecule has 1 heterocycles. The van der Waals surface area contributed by atoms with E-state index < -0.39 is 14.4 Å². The molecule has 1 unspecified atom stereocenters. The molecule has 0 fully saturated rings. The highest BCUT2D eigenvalue weighted by Gasteiger charge is 2.31. The molecule has 0 spiro atoms. The molecule has 2 aromatic rings. The molecule has 1 aliphatic heterocycles. The summed E-state index contributed by atoms with van der Waals surface area (Å²) < 4.78 is 12.4. The van der Waals surface area contributed by atoms with E-state index in [1.165, 1.54) is 0 Å². The molecule has 0 radical (unpaired) electrons. The van der Waals surface area contributed by atoms with Crippen molar-refractivity contribution in [1.82, 2.24) is 4.90 Å². The molecule has 1 atom stereocenters. The quantitative estimate of drug-likeness (QED) is 0.597. The number of carbonyl (C=O) groups is 1. The van der Waals surface area contributed by atoms with Crippen LogP contribution in [0.25, 0.3) is 0 Å². The normalized spacial score (nSPS) is 15.2.